The van der Waals surface area contributed by atoms with Crippen molar-refractivity contribution < 1.29 is 27.5 Å². The lowest BCUT2D eigenvalue weighted by Gasteiger charge is -2.15. The number of amidine groups is 1. The lowest BCUT2D eigenvalue weighted by Crippen LogP contribution is -2.34. The molecule has 2 heterocycles. The number of amides is 2. The van der Waals surface area contributed by atoms with Crippen molar-refractivity contribution in [3.05, 3.63) is 68.2 Å². The van der Waals surface area contributed by atoms with Gasteiger partial charge in [0, 0.05) is 11.1 Å². The fourth-order valence-corrected chi connectivity index (χ4v) is 4.34. The van der Waals surface area contributed by atoms with Gasteiger partial charge >= 0.3 is 6.18 Å². The Hall–Kier alpha value is -2.99. The number of nitrogens with one attached hydrogen (secondary N) is 1. The maximum atomic E-state index is 13.2. The largest absolute Gasteiger partial charge is 0.467 e. The van der Waals surface area contributed by atoms with Crippen LogP contribution in [-0.2, 0) is 15.8 Å². The summed E-state index contributed by atoms with van der Waals surface area (Å²) in [6, 6.07) is 9.41. The fraction of sp³-hybridized carbons (Fsp3) is 0.143. The number of nitrogens with zero attached hydrogens (tertiary/aromatic N) is 4. The number of hydrogen-bond donors (Lipinski definition) is 1. The van der Waals surface area contributed by atoms with Gasteiger partial charge in [-0.05, 0) is 24.3 Å². The molecule has 1 aromatic heterocycles. The molecule has 2 amide bonds. The summed E-state index contributed by atoms with van der Waals surface area (Å²) in [6.45, 7) is -0.719. The van der Waals surface area contributed by atoms with E-state index in [9.17, 15) is 22.8 Å². The van der Waals surface area contributed by atoms with Gasteiger partial charge in [0.05, 0.1) is 27.2 Å². The van der Waals surface area contributed by atoms with Gasteiger partial charge in [0.15, 0.2) is 12.3 Å². The van der Waals surface area contributed by atoms with Gasteiger partial charge in [0.25, 0.3) is 11.8 Å². The molecular formula is C21H12Cl4F3N5O3. The zero-order valence-corrected chi connectivity index (χ0v) is 20.6. The summed E-state index contributed by atoms with van der Waals surface area (Å²) >= 11 is 24.2. The van der Waals surface area contributed by atoms with Crippen molar-refractivity contribution in [2.24, 2.45) is 5.10 Å². The van der Waals surface area contributed by atoms with E-state index in [4.69, 9.17) is 51.1 Å². The molecule has 0 radical (unpaired) electrons. The summed E-state index contributed by atoms with van der Waals surface area (Å²) < 4.78 is 45.8. The zero-order valence-electron chi connectivity index (χ0n) is 17.6. The molecule has 36 heavy (non-hydrogen) atoms. The van der Waals surface area contributed by atoms with E-state index in [1.165, 1.54) is 24.3 Å². The number of anilines is 1. The molecule has 0 bridgehead atoms. The molecule has 15 heteroatoms. The highest BCUT2D eigenvalue weighted by Gasteiger charge is 2.36. The van der Waals surface area contributed by atoms with Crippen molar-refractivity contribution in [3.63, 3.8) is 0 Å². The second-order valence-corrected chi connectivity index (χ2v) is 8.87. The van der Waals surface area contributed by atoms with E-state index in [1.54, 1.807) is 12.1 Å². The van der Waals surface area contributed by atoms with Crippen molar-refractivity contribution in [3.8, 4) is 11.6 Å². The van der Waals surface area contributed by atoms with E-state index in [1.807, 2.05) is 0 Å². The van der Waals surface area contributed by atoms with E-state index in [-0.39, 0.29) is 49.6 Å². The van der Waals surface area contributed by atoms with Crippen molar-refractivity contribution in [2.75, 3.05) is 11.6 Å². The maximum absolute atomic E-state index is 13.2. The number of carbonyl (C=O) groups excluding carboxylic acids is 2. The molecule has 2 aromatic carbocycles. The molecule has 0 atom stereocenters. The first-order valence-corrected chi connectivity index (χ1v) is 11.3. The smallest absolute Gasteiger partial charge is 0.435 e. The quantitative estimate of drug-likeness (QED) is 0.416. The van der Waals surface area contributed by atoms with Crippen LogP contribution in [0.5, 0.6) is 5.88 Å². The number of carbonyl (C=O) groups is 2. The number of ether oxygens (including phenoxy) is 1. The van der Waals surface area contributed by atoms with Crippen molar-refractivity contribution >= 4 is 69.7 Å². The molecule has 0 saturated carbocycles. The average Bonchev–Trinajstić information content (AvgIpc) is 3.35. The first kappa shape index (κ1) is 26.1. The standard InChI is InChI=1S/C21H12Cl4F3N5O3/c22-10-5-12(24)20(13(25)6-10)33-18(35)8-16(31-33)29-17(34)9-36-19-7-15(21(26,27)28)30-32(19)14-4-2-1-3-11(14)23/h1-7H,8-9H2,(H,29,31,34). The van der Waals surface area contributed by atoms with Gasteiger partial charge in [-0.15, -0.1) is 0 Å². The molecule has 1 aliphatic rings. The van der Waals surface area contributed by atoms with Gasteiger partial charge in [-0.3, -0.25) is 9.59 Å². The highest BCUT2D eigenvalue weighted by Crippen LogP contribution is 2.38. The van der Waals surface area contributed by atoms with Gasteiger partial charge in [-0.2, -0.15) is 33.1 Å². The van der Waals surface area contributed by atoms with Crippen LogP contribution in [0.2, 0.25) is 20.1 Å². The Morgan fingerprint density at radius 1 is 1.06 bits per heavy atom. The number of hydrazone groups is 1. The number of alkyl halides is 3. The minimum Gasteiger partial charge on any atom is -0.467 e. The Balaban J connectivity index is 1.50. The summed E-state index contributed by atoms with van der Waals surface area (Å²) in [7, 11) is 0. The zero-order chi connectivity index (χ0) is 26.2. The Bertz CT molecular complexity index is 1370. The minimum atomic E-state index is -4.76. The Labute approximate surface area is 221 Å². The molecule has 0 saturated heterocycles. The number of rotatable bonds is 5. The van der Waals surface area contributed by atoms with Crippen molar-refractivity contribution in [1.82, 2.24) is 15.1 Å². The summed E-state index contributed by atoms with van der Waals surface area (Å²) in [6.07, 6.45) is -5.06. The molecule has 0 spiro atoms. The van der Waals surface area contributed by atoms with E-state index in [0.717, 1.165) is 9.69 Å². The third-order valence-electron chi connectivity index (χ3n) is 4.65. The highest BCUT2D eigenvalue weighted by molar-refractivity contribution is 6.42. The fourth-order valence-electron chi connectivity index (χ4n) is 3.15. The molecule has 0 aliphatic carbocycles. The SMILES string of the molecule is O=C(COc1cc(C(F)(F)F)nn1-c1ccccc1Cl)NC1=NN(c2c(Cl)cc(Cl)cc2Cl)C(=O)C1. The number of halogens is 7. The lowest BCUT2D eigenvalue weighted by atomic mass is 10.3. The van der Waals surface area contributed by atoms with Crippen LogP contribution in [0.1, 0.15) is 12.1 Å². The molecule has 188 valence electrons. The molecule has 3 aromatic rings. The van der Waals surface area contributed by atoms with E-state index < -0.39 is 30.3 Å². The minimum absolute atomic E-state index is 0.0497. The average molecular weight is 581 g/mol. The van der Waals surface area contributed by atoms with Crippen LogP contribution in [0.25, 0.3) is 5.69 Å². The van der Waals surface area contributed by atoms with Crippen LogP contribution in [-0.4, -0.2) is 34.0 Å². The first-order valence-electron chi connectivity index (χ1n) is 9.84. The number of hydrogen-bond acceptors (Lipinski definition) is 5. The van der Waals surface area contributed by atoms with Crippen LogP contribution in [0.3, 0.4) is 0 Å². The van der Waals surface area contributed by atoms with Gasteiger partial charge < -0.3 is 10.1 Å². The van der Waals surface area contributed by atoms with Gasteiger partial charge in [-0.25, -0.2) is 0 Å². The molecule has 0 unspecified atom stereocenters. The molecule has 0 fully saturated rings. The van der Waals surface area contributed by atoms with Crippen molar-refractivity contribution in [1.29, 1.82) is 0 Å². The highest BCUT2D eigenvalue weighted by atomic mass is 35.5. The van der Waals surface area contributed by atoms with Crippen LogP contribution < -0.4 is 15.1 Å². The van der Waals surface area contributed by atoms with Crippen LogP contribution in [0.15, 0.2) is 47.6 Å². The normalized spacial score (nSPS) is 13.7. The van der Waals surface area contributed by atoms with Crippen molar-refractivity contribution in [2.45, 2.75) is 12.6 Å². The molecule has 8 nitrogen and oxygen atoms in total. The lowest BCUT2D eigenvalue weighted by molar-refractivity contribution is -0.141. The van der Waals surface area contributed by atoms with Gasteiger partial charge in [0.2, 0.25) is 5.88 Å². The van der Waals surface area contributed by atoms with Crippen LogP contribution in [0.4, 0.5) is 18.9 Å². The third kappa shape index (κ3) is 5.54. The summed E-state index contributed by atoms with van der Waals surface area (Å²) in [4.78, 5) is 24.8. The first-order chi connectivity index (χ1) is 16.9. The van der Waals surface area contributed by atoms with E-state index >= 15 is 0 Å². The van der Waals surface area contributed by atoms with Gasteiger partial charge in [0.1, 0.15) is 11.5 Å². The summed E-state index contributed by atoms with van der Waals surface area (Å²) in [5.41, 5.74) is -1.05. The number of aromatic nitrogens is 2. The van der Waals surface area contributed by atoms with Crippen LogP contribution in [0, 0.1) is 0 Å². The maximum Gasteiger partial charge on any atom is 0.435 e. The third-order valence-corrected chi connectivity index (χ3v) is 5.77. The second kappa shape index (κ2) is 10.2. The Kier molecular flexibility index (Phi) is 7.37. The topological polar surface area (TPSA) is 88.8 Å². The Morgan fingerprint density at radius 2 is 1.72 bits per heavy atom. The molecule has 1 aliphatic heterocycles. The summed E-state index contributed by atoms with van der Waals surface area (Å²) in [5, 5.41) is 11.3. The Morgan fingerprint density at radius 3 is 2.36 bits per heavy atom. The summed E-state index contributed by atoms with van der Waals surface area (Å²) in [5.74, 6) is -1.76. The molecule has 1 N–H and O–H groups in total. The van der Waals surface area contributed by atoms with E-state index in [2.05, 4.69) is 15.5 Å². The van der Waals surface area contributed by atoms with Crippen LogP contribution >= 0.6 is 46.4 Å². The molecule has 4 rings (SSSR count). The second-order valence-electron chi connectivity index (χ2n) is 7.21. The van der Waals surface area contributed by atoms with E-state index in [0.29, 0.717) is 6.07 Å². The predicted molar refractivity (Wildman–Crippen MR) is 128 cm³/mol. The molecular weight excluding hydrogens is 569 g/mol. The van der Waals surface area contributed by atoms with Gasteiger partial charge in [-0.1, -0.05) is 58.5 Å². The number of benzene rings is 2. The number of para-hydroxylation sites is 1. The monoisotopic (exact) mass is 579 g/mol. The predicted octanol–water partition coefficient (Wildman–Crippen LogP) is 5.75.